The van der Waals surface area contributed by atoms with Gasteiger partial charge in [-0.15, -0.1) is 10.2 Å². The number of rotatable bonds is 4. The molecule has 1 heterocycles. The minimum absolute atomic E-state index is 0.0666. The molecule has 0 bridgehead atoms. The summed E-state index contributed by atoms with van der Waals surface area (Å²) >= 11 is 2.79. The van der Waals surface area contributed by atoms with Gasteiger partial charge in [-0.3, -0.25) is 4.79 Å². The molecule has 2 aromatic rings. The van der Waals surface area contributed by atoms with Crippen molar-refractivity contribution >= 4 is 40.4 Å². The van der Waals surface area contributed by atoms with Gasteiger partial charge in [0.05, 0.1) is 5.75 Å². The highest BCUT2D eigenvalue weighted by molar-refractivity contribution is 8.01. The summed E-state index contributed by atoms with van der Waals surface area (Å²) in [5, 5.41) is 10.4. The van der Waals surface area contributed by atoms with Crippen molar-refractivity contribution in [1.29, 1.82) is 0 Å². The molecule has 7 heteroatoms. The highest BCUT2D eigenvalue weighted by Gasteiger charge is 2.07. The van der Waals surface area contributed by atoms with E-state index in [1.807, 2.05) is 13.0 Å². The van der Waals surface area contributed by atoms with Crippen molar-refractivity contribution in [3.8, 4) is 0 Å². The number of nitrogens with zero attached hydrogens (tertiary/aromatic N) is 2. The van der Waals surface area contributed by atoms with Crippen LogP contribution in [-0.4, -0.2) is 21.9 Å². The van der Waals surface area contributed by atoms with Crippen LogP contribution in [0.4, 0.5) is 11.4 Å². The van der Waals surface area contributed by atoms with Crippen molar-refractivity contribution in [2.75, 3.05) is 16.8 Å². The highest BCUT2D eigenvalue weighted by Crippen LogP contribution is 2.21. The van der Waals surface area contributed by atoms with Crippen LogP contribution < -0.4 is 11.1 Å². The monoisotopic (exact) mass is 280 g/mol. The maximum atomic E-state index is 11.7. The molecule has 0 spiro atoms. The van der Waals surface area contributed by atoms with Crippen molar-refractivity contribution in [3.63, 3.8) is 0 Å². The molecule has 0 aliphatic heterocycles. The number of nitrogens with two attached hydrogens (primary N) is 1. The minimum atomic E-state index is -0.0666. The number of aromatic nitrogens is 2. The SMILES string of the molecule is Cc1cc(N)ccc1NC(=O)CSc1nncs1. The highest BCUT2D eigenvalue weighted by atomic mass is 32.2. The molecule has 0 fully saturated rings. The van der Waals surface area contributed by atoms with Crippen molar-refractivity contribution in [2.45, 2.75) is 11.3 Å². The zero-order valence-electron chi connectivity index (χ0n) is 9.71. The van der Waals surface area contributed by atoms with Gasteiger partial charge in [-0.25, -0.2) is 0 Å². The van der Waals surface area contributed by atoms with Crippen LogP contribution in [0.25, 0.3) is 0 Å². The number of carbonyl (C=O) groups excluding carboxylic acids is 1. The smallest absolute Gasteiger partial charge is 0.234 e. The molecule has 0 radical (unpaired) electrons. The van der Waals surface area contributed by atoms with Crippen LogP contribution in [0.3, 0.4) is 0 Å². The standard InChI is InChI=1S/C11H12N4OS2/c1-7-4-8(12)2-3-9(7)14-10(16)5-17-11-15-13-6-18-11/h2-4,6H,5,12H2,1H3,(H,14,16). The summed E-state index contributed by atoms with van der Waals surface area (Å²) in [6, 6.07) is 5.40. The molecular weight excluding hydrogens is 268 g/mol. The Hall–Kier alpha value is -1.60. The van der Waals surface area contributed by atoms with Gasteiger partial charge < -0.3 is 11.1 Å². The van der Waals surface area contributed by atoms with E-state index in [1.165, 1.54) is 23.1 Å². The first-order chi connectivity index (χ1) is 8.65. The fourth-order valence-corrected chi connectivity index (χ4v) is 2.65. The molecule has 3 N–H and O–H groups in total. The topological polar surface area (TPSA) is 80.9 Å². The quantitative estimate of drug-likeness (QED) is 0.662. The van der Waals surface area contributed by atoms with E-state index in [9.17, 15) is 4.79 Å². The van der Waals surface area contributed by atoms with E-state index in [0.717, 1.165) is 15.6 Å². The number of hydrogen-bond acceptors (Lipinski definition) is 6. The lowest BCUT2D eigenvalue weighted by Gasteiger charge is -2.08. The fourth-order valence-electron chi connectivity index (χ4n) is 1.37. The maximum Gasteiger partial charge on any atom is 0.234 e. The first-order valence-electron chi connectivity index (χ1n) is 5.20. The molecule has 0 unspecified atom stereocenters. The summed E-state index contributed by atoms with van der Waals surface area (Å²) < 4.78 is 0.791. The lowest BCUT2D eigenvalue weighted by molar-refractivity contribution is -0.113. The summed E-state index contributed by atoms with van der Waals surface area (Å²) in [6.07, 6.45) is 0. The second-order valence-corrected chi connectivity index (χ2v) is 5.67. The minimum Gasteiger partial charge on any atom is -0.399 e. The average Bonchev–Trinajstić information content (AvgIpc) is 2.83. The molecule has 0 atom stereocenters. The van der Waals surface area contributed by atoms with E-state index >= 15 is 0 Å². The molecule has 1 amide bonds. The van der Waals surface area contributed by atoms with Crippen molar-refractivity contribution < 1.29 is 4.79 Å². The number of nitrogen functional groups attached to an aromatic ring is 1. The Kier molecular flexibility index (Phi) is 4.16. The Bertz CT molecular complexity index is 542. The van der Waals surface area contributed by atoms with Gasteiger partial charge in [0, 0.05) is 11.4 Å². The molecule has 0 aliphatic rings. The van der Waals surface area contributed by atoms with E-state index in [2.05, 4.69) is 15.5 Å². The van der Waals surface area contributed by atoms with Gasteiger partial charge in [-0.2, -0.15) is 0 Å². The van der Waals surface area contributed by atoms with Gasteiger partial charge in [0.25, 0.3) is 0 Å². The van der Waals surface area contributed by atoms with Crippen molar-refractivity contribution in [2.24, 2.45) is 0 Å². The Morgan fingerprint density at radius 1 is 1.56 bits per heavy atom. The normalized spacial score (nSPS) is 10.3. The molecule has 94 valence electrons. The summed E-state index contributed by atoms with van der Waals surface area (Å²) in [5.41, 5.74) is 9.72. The molecule has 1 aromatic carbocycles. The molecule has 0 aliphatic carbocycles. The predicted octanol–water partition coefficient (Wildman–Crippen LogP) is 2.16. The van der Waals surface area contributed by atoms with Crippen molar-refractivity contribution in [3.05, 3.63) is 29.3 Å². The van der Waals surface area contributed by atoms with Gasteiger partial charge in [0.15, 0.2) is 4.34 Å². The van der Waals surface area contributed by atoms with Gasteiger partial charge in [0.2, 0.25) is 5.91 Å². The third-order valence-electron chi connectivity index (χ3n) is 2.19. The zero-order valence-corrected chi connectivity index (χ0v) is 11.3. The number of amides is 1. The number of nitrogens with one attached hydrogen (secondary N) is 1. The number of anilines is 2. The third kappa shape index (κ3) is 3.44. The van der Waals surface area contributed by atoms with Crippen LogP contribution in [0, 0.1) is 6.92 Å². The zero-order chi connectivity index (χ0) is 13.0. The van der Waals surface area contributed by atoms with Crippen LogP contribution in [0.5, 0.6) is 0 Å². The lowest BCUT2D eigenvalue weighted by atomic mass is 10.2. The first kappa shape index (κ1) is 12.8. The van der Waals surface area contributed by atoms with Gasteiger partial charge >= 0.3 is 0 Å². The molecule has 2 rings (SSSR count). The Morgan fingerprint density at radius 2 is 2.39 bits per heavy atom. The van der Waals surface area contributed by atoms with Crippen LogP contribution in [0.1, 0.15) is 5.56 Å². The molecule has 1 aromatic heterocycles. The number of thioether (sulfide) groups is 1. The second kappa shape index (κ2) is 5.83. The molecular formula is C11H12N4OS2. The fraction of sp³-hybridized carbons (Fsp3) is 0.182. The largest absolute Gasteiger partial charge is 0.399 e. The number of carbonyl (C=O) groups is 1. The average molecular weight is 280 g/mol. The third-order valence-corrected chi connectivity index (χ3v) is 4.05. The molecule has 0 saturated carbocycles. The number of benzene rings is 1. The van der Waals surface area contributed by atoms with E-state index in [1.54, 1.807) is 17.6 Å². The predicted molar refractivity (Wildman–Crippen MR) is 74.9 cm³/mol. The summed E-state index contributed by atoms with van der Waals surface area (Å²) in [5.74, 6) is 0.252. The molecule has 5 nitrogen and oxygen atoms in total. The number of hydrogen-bond donors (Lipinski definition) is 2. The van der Waals surface area contributed by atoms with Crippen molar-refractivity contribution in [1.82, 2.24) is 10.2 Å². The van der Waals surface area contributed by atoms with Gasteiger partial charge in [-0.05, 0) is 30.7 Å². The summed E-state index contributed by atoms with van der Waals surface area (Å²) in [6.45, 7) is 1.91. The molecule has 0 saturated heterocycles. The van der Waals surface area contributed by atoms with Crippen LogP contribution in [-0.2, 0) is 4.79 Å². The Morgan fingerprint density at radius 3 is 3.06 bits per heavy atom. The lowest BCUT2D eigenvalue weighted by Crippen LogP contribution is -2.14. The second-order valence-electron chi connectivity index (χ2n) is 3.62. The van der Waals surface area contributed by atoms with Gasteiger partial charge in [0.1, 0.15) is 5.51 Å². The summed E-state index contributed by atoms with van der Waals surface area (Å²) in [4.78, 5) is 11.7. The van der Waals surface area contributed by atoms with Gasteiger partial charge in [-0.1, -0.05) is 23.1 Å². The number of aryl methyl sites for hydroxylation is 1. The van der Waals surface area contributed by atoms with E-state index < -0.39 is 0 Å². The van der Waals surface area contributed by atoms with E-state index in [-0.39, 0.29) is 5.91 Å². The van der Waals surface area contributed by atoms with Crippen LogP contribution in [0.15, 0.2) is 28.0 Å². The summed E-state index contributed by atoms with van der Waals surface area (Å²) in [7, 11) is 0. The first-order valence-corrected chi connectivity index (χ1v) is 7.06. The van der Waals surface area contributed by atoms with E-state index in [0.29, 0.717) is 11.4 Å². The van der Waals surface area contributed by atoms with Crippen LogP contribution >= 0.6 is 23.1 Å². The maximum absolute atomic E-state index is 11.7. The van der Waals surface area contributed by atoms with Crippen LogP contribution in [0.2, 0.25) is 0 Å². The Labute approximate surface area is 113 Å². The Balaban J connectivity index is 1.91. The molecule has 18 heavy (non-hydrogen) atoms. The van der Waals surface area contributed by atoms with E-state index in [4.69, 9.17) is 5.73 Å².